The predicted octanol–water partition coefficient (Wildman–Crippen LogP) is 9.03. The molecule has 0 aromatic heterocycles. The molecule has 2 aliphatic rings. The summed E-state index contributed by atoms with van der Waals surface area (Å²) in [4.78, 5) is 23.4. The van der Waals surface area contributed by atoms with E-state index in [9.17, 15) is 9.59 Å². The molecule has 2 saturated heterocycles. The van der Waals surface area contributed by atoms with Crippen molar-refractivity contribution in [1.29, 1.82) is 0 Å². The van der Waals surface area contributed by atoms with Crippen molar-refractivity contribution in [2.75, 3.05) is 13.2 Å². The number of hydrogen-bond donors (Lipinski definition) is 0. The quantitative estimate of drug-likeness (QED) is 0.102. The second-order valence-corrected chi connectivity index (χ2v) is 12.5. The Balaban J connectivity index is 0.000000400. The first kappa shape index (κ1) is 36.9. The Morgan fingerprint density at radius 1 is 0.650 bits per heavy atom. The molecule has 234 valence electrons. The monoisotopic (exact) mass is 566 g/mol. The molecule has 0 aliphatic carbocycles. The summed E-state index contributed by atoms with van der Waals surface area (Å²) in [5, 5.41) is 0. The molecule has 6 heteroatoms. The summed E-state index contributed by atoms with van der Waals surface area (Å²) >= 11 is 0. The smallest absolute Gasteiger partial charge is 0.163 e. The number of ether oxygens (including phenoxy) is 4. The largest absolute Gasteiger partial charge is 0.348 e. The first-order valence-electron chi connectivity index (χ1n) is 16.4. The van der Waals surface area contributed by atoms with Gasteiger partial charge in [-0.05, 0) is 65.9 Å². The van der Waals surface area contributed by atoms with Crippen LogP contribution in [0.15, 0.2) is 12.2 Å². The number of hydrogen-bond acceptors (Lipinski definition) is 6. The minimum Gasteiger partial charge on any atom is -0.348 e. The Bertz CT molecular complexity index is 699. The van der Waals surface area contributed by atoms with Gasteiger partial charge in [-0.3, -0.25) is 9.59 Å². The summed E-state index contributed by atoms with van der Waals surface area (Å²) in [7, 11) is 0. The molecule has 0 saturated carbocycles. The molecular weight excluding hydrogens is 504 g/mol. The molecule has 0 radical (unpaired) electrons. The topological polar surface area (TPSA) is 71.1 Å². The molecular formula is C34H62O6. The number of allylic oxidation sites excluding steroid dienone is 1. The lowest BCUT2D eigenvalue weighted by atomic mass is 10.0. The average molecular weight is 567 g/mol. The Morgan fingerprint density at radius 2 is 1.12 bits per heavy atom. The lowest BCUT2D eigenvalue weighted by Gasteiger charge is -2.16. The Morgan fingerprint density at radius 3 is 1.65 bits per heavy atom. The van der Waals surface area contributed by atoms with E-state index in [1.807, 2.05) is 33.8 Å². The molecule has 0 amide bonds. The van der Waals surface area contributed by atoms with Gasteiger partial charge >= 0.3 is 0 Å². The normalized spacial score (nSPS) is 21.4. The summed E-state index contributed by atoms with van der Waals surface area (Å²) in [5.41, 5.74) is 0. The zero-order valence-corrected chi connectivity index (χ0v) is 26.9. The van der Waals surface area contributed by atoms with Crippen molar-refractivity contribution >= 4 is 11.6 Å². The van der Waals surface area contributed by atoms with E-state index in [0.717, 1.165) is 38.5 Å². The number of ketones is 2. The first-order valence-corrected chi connectivity index (χ1v) is 16.4. The van der Waals surface area contributed by atoms with E-state index >= 15 is 0 Å². The van der Waals surface area contributed by atoms with Gasteiger partial charge < -0.3 is 18.9 Å². The summed E-state index contributed by atoms with van der Waals surface area (Å²) in [6.07, 6.45) is 23.5. The van der Waals surface area contributed by atoms with Gasteiger partial charge in [0.15, 0.2) is 17.4 Å². The maximum Gasteiger partial charge on any atom is 0.163 e. The highest BCUT2D eigenvalue weighted by molar-refractivity contribution is 5.89. The highest BCUT2D eigenvalue weighted by Gasteiger charge is 2.32. The fourth-order valence-corrected chi connectivity index (χ4v) is 5.05. The molecule has 0 spiro atoms. The molecule has 0 aromatic carbocycles. The number of rotatable bonds is 21. The lowest BCUT2D eigenvalue weighted by molar-refractivity contribution is -0.139. The van der Waals surface area contributed by atoms with Crippen LogP contribution in [-0.4, -0.2) is 48.6 Å². The van der Waals surface area contributed by atoms with E-state index in [2.05, 4.69) is 13.8 Å². The Hall–Kier alpha value is -1.08. The van der Waals surface area contributed by atoms with Crippen molar-refractivity contribution in [3.63, 3.8) is 0 Å². The van der Waals surface area contributed by atoms with Gasteiger partial charge in [-0.1, -0.05) is 84.1 Å². The fraction of sp³-hybridized carbons (Fsp3) is 0.882. The molecule has 2 aliphatic heterocycles. The summed E-state index contributed by atoms with van der Waals surface area (Å²) in [6.45, 7) is 13.4. The van der Waals surface area contributed by atoms with Gasteiger partial charge in [0.1, 0.15) is 5.78 Å². The van der Waals surface area contributed by atoms with Gasteiger partial charge in [0.25, 0.3) is 0 Å². The average Bonchev–Trinajstić information content (AvgIpc) is 3.43. The first-order chi connectivity index (χ1) is 19.1. The van der Waals surface area contributed by atoms with Crippen LogP contribution in [0.3, 0.4) is 0 Å². The third-order valence-electron chi connectivity index (χ3n) is 7.40. The van der Waals surface area contributed by atoms with Crippen molar-refractivity contribution in [3.8, 4) is 0 Å². The second-order valence-electron chi connectivity index (χ2n) is 12.5. The van der Waals surface area contributed by atoms with Crippen molar-refractivity contribution in [2.24, 2.45) is 0 Å². The molecule has 0 N–H and O–H groups in total. The molecule has 2 fully saturated rings. The summed E-state index contributed by atoms with van der Waals surface area (Å²) in [5.74, 6) is -0.258. The lowest BCUT2D eigenvalue weighted by Crippen LogP contribution is -2.21. The standard InChI is InChI=1S/C17H32O3.C17H30O3/c2*1-4-5-6-7-8-9-11-15(18)12-10-13-16-14-19-17(2,3)20-16/h16H,4-14H2,1-3H3;10,12,16H,4-9,11,13-14H2,1-3H3/b;12-10+. The zero-order valence-electron chi connectivity index (χ0n) is 26.9. The maximum absolute atomic E-state index is 11.8. The summed E-state index contributed by atoms with van der Waals surface area (Å²) in [6, 6.07) is 0. The Kier molecular flexibility index (Phi) is 19.9. The Labute approximate surface area is 246 Å². The molecule has 40 heavy (non-hydrogen) atoms. The van der Waals surface area contributed by atoms with Crippen LogP contribution in [0.4, 0.5) is 0 Å². The minimum absolute atomic E-state index is 0.0862. The fourth-order valence-electron chi connectivity index (χ4n) is 5.05. The van der Waals surface area contributed by atoms with Crippen LogP contribution >= 0.6 is 0 Å². The van der Waals surface area contributed by atoms with E-state index in [-0.39, 0.29) is 18.0 Å². The third kappa shape index (κ3) is 19.9. The van der Waals surface area contributed by atoms with Crippen LogP contribution < -0.4 is 0 Å². The predicted molar refractivity (Wildman–Crippen MR) is 163 cm³/mol. The van der Waals surface area contributed by atoms with E-state index in [4.69, 9.17) is 18.9 Å². The van der Waals surface area contributed by atoms with Gasteiger partial charge in [-0.15, -0.1) is 0 Å². The van der Waals surface area contributed by atoms with E-state index in [1.54, 1.807) is 6.08 Å². The van der Waals surface area contributed by atoms with Crippen molar-refractivity contribution < 1.29 is 28.5 Å². The third-order valence-corrected chi connectivity index (χ3v) is 7.40. The van der Waals surface area contributed by atoms with Crippen molar-refractivity contribution in [3.05, 3.63) is 12.2 Å². The van der Waals surface area contributed by atoms with Gasteiger partial charge in [0, 0.05) is 19.3 Å². The number of unbranched alkanes of at least 4 members (excludes halogenated alkanes) is 10. The van der Waals surface area contributed by atoms with E-state index in [0.29, 0.717) is 31.8 Å². The van der Waals surface area contributed by atoms with Gasteiger partial charge in [0.05, 0.1) is 25.4 Å². The van der Waals surface area contributed by atoms with Crippen LogP contribution in [-0.2, 0) is 28.5 Å². The van der Waals surface area contributed by atoms with Crippen LogP contribution in [0.25, 0.3) is 0 Å². The zero-order chi connectivity index (χ0) is 29.7. The molecule has 2 rings (SSSR count). The van der Waals surface area contributed by atoms with Gasteiger partial charge in [-0.2, -0.15) is 0 Å². The SMILES string of the molecule is CCCCCCCCC(=O)/C=C/CC1COC(C)(C)O1.CCCCCCCCC(=O)CCCC1COC(C)(C)O1. The van der Waals surface area contributed by atoms with Crippen LogP contribution in [0.1, 0.15) is 157 Å². The molecule has 6 nitrogen and oxygen atoms in total. The van der Waals surface area contributed by atoms with Gasteiger partial charge in [-0.25, -0.2) is 0 Å². The maximum atomic E-state index is 11.8. The van der Waals surface area contributed by atoms with E-state index < -0.39 is 11.6 Å². The van der Waals surface area contributed by atoms with Crippen LogP contribution in [0.5, 0.6) is 0 Å². The van der Waals surface area contributed by atoms with Crippen molar-refractivity contribution in [1.82, 2.24) is 0 Å². The molecule has 0 aromatic rings. The highest BCUT2D eigenvalue weighted by Crippen LogP contribution is 2.26. The van der Waals surface area contributed by atoms with Crippen LogP contribution in [0.2, 0.25) is 0 Å². The molecule has 2 atom stereocenters. The van der Waals surface area contributed by atoms with Crippen LogP contribution in [0, 0.1) is 0 Å². The number of carbonyl (C=O) groups excluding carboxylic acids is 2. The molecule has 0 bridgehead atoms. The molecule has 2 unspecified atom stereocenters. The highest BCUT2D eigenvalue weighted by atomic mass is 16.7. The summed E-state index contributed by atoms with van der Waals surface area (Å²) < 4.78 is 22.4. The second kappa shape index (κ2) is 21.6. The number of carbonyl (C=O) groups is 2. The van der Waals surface area contributed by atoms with Crippen molar-refractivity contribution in [2.45, 2.75) is 181 Å². The van der Waals surface area contributed by atoms with Gasteiger partial charge in [0.2, 0.25) is 0 Å². The molecule has 2 heterocycles. The number of Topliss-reactive ketones (excluding diaryl/α,β-unsaturated/α-hetero) is 1. The minimum atomic E-state index is -0.471. The van der Waals surface area contributed by atoms with E-state index in [1.165, 1.54) is 64.2 Å².